The average Bonchev–Trinajstić information content (AvgIpc) is 2.88. The van der Waals surface area contributed by atoms with Gasteiger partial charge in [-0.3, -0.25) is 0 Å². The topological polar surface area (TPSA) is 87.8 Å². The maximum atomic E-state index is 14.1. The SMILES string of the molecule is Cl.NC1=NC(c2cccc(F)c2)C2=C(N1)/C(=C/c1cccc(F)c1)CN(S(=O)(=O)c1ccc(C(F)(F)F)cc1)C2. The number of guanidine groups is 1. The van der Waals surface area contributed by atoms with Gasteiger partial charge in [-0.15, -0.1) is 12.4 Å². The molecule has 40 heavy (non-hydrogen) atoms. The van der Waals surface area contributed by atoms with Crippen LogP contribution in [-0.4, -0.2) is 31.8 Å². The molecule has 0 saturated heterocycles. The number of nitrogens with two attached hydrogens (primary N) is 1. The molecule has 0 aliphatic carbocycles. The summed E-state index contributed by atoms with van der Waals surface area (Å²) in [6, 6.07) is 13.6. The Balaban J connectivity index is 0.00000370. The number of hydrogen-bond acceptors (Lipinski definition) is 5. The van der Waals surface area contributed by atoms with E-state index in [0.717, 1.165) is 16.4 Å². The summed E-state index contributed by atoms with van der Waals surface area (Å²) in [4.78, 5) is 4.05. The Bertz CT molecular complexity index is 1640. The molecule has 0 aromatic heterocycles. The van der Waals surface area contributed by atoms with Gasteiger partial charge in [-0.2, -0.15) is 17.5 Å². The van der Waals surface area contributed by atoms with Crippen molar-refractivity contribution < 1.29 is 30.4 Å². The third-order valence-electron chi connectivity index (χ3n) is 6.36. The van der Waals surface area contributed by atoms with Gasteiger partial charge in [0.25, 0.3) is 0 Å². The molecule has 0 fully saturated rings. The van der Waals surface area contributed by atoms with Crippen molar-refractivity contribution in [2.24, 2.45) is 10.7 Å². The van der Waals surface area contributed by atoms with Crippen molar-refractivity contribution >= 4 is 34.5 Å². The van der Waals surface area contributed by atoms with Crippen LogP contribution in [-0.2, 0) is 16.2 Å². The highest BCUT2D eigenvalue weighted by atomic mass is 35.5. The number of nitrogens with zero attached hydrogens (tertiary/aromatic N) is 2. The molecule has 0 amide bonds. The molecular formula is C27H22ClF5N4O2S. The molecule has 2 aliphatic rings. The molecule has 5 rings (SSSR count). The summed E-state index contributed by atoms with van der Waals surface area (Å²) in [5.41, 5.74) is 7.24. The van der Waals surface area contributed by atoms with Crippen LogP contribution in [0.2, 0.25) is 0 Å². The molecule has 3 aromatic rings. The van der Waals surface area contributed by atoms with Crippen LogP contribution >= 0.6 is 12.4 Å². The van der Waals surface area contributed by atoms with Crippen molar-refractivity contribution in [3.8, 4) is 0 Å². The second kappa shape index (κ2) is 11.0. The predicted molar refractivity (Wildman–Crippen MR) is 143 cm³/mol. The molecule has 6 nitrogen and oxygen atoms in total. The third-order valence-corrected chi connectivity index (χ3v) is 8.17. The maximum absolute atomic E-state index is 14.1. The van der Waals surface area contributed by atoms with Gasteiger partial charge in [0.1, 0.15) is 17.7 Å². The van der Waals surface area contributed by atoms with E-state index in [-0.39, 0.29) is 36.4 Å². The number of benzene rings is 3. The van der Waals surface area contributed by atoms with Crippen molar-refractivity contribution in [2.75, 3.05) is 13.1 Å². The van der Waals surface area contributed by atoms with Gasteiger partial charge < -0.3 is 11.1 Å². The van der Waals surface area contributed by atoms with Crippen LogP contribution in [0.15, 0.2) is 99.5 Å². The highest BCUT2D eigenvalue weighted by molar-refractivity contribution is 7.89. The largest absolute Gasteiger partial charge is 0.416 e. The van der Waals surface area contributed by atoms with Gasteiger partial charge in [0, 0.05) is 18.8 Å². The molecule has 1 unspecified atom stereocenters. The smallest absolute Gasteiger partial charge is 0.370 e. The van der Waals surface area contributed by atoms with Crippen molar-refractivity contribution in [3.05, 3.63) is 118 Å². The average molecular weight is 597 g/mol. The fourth-order valence-electron chi connectivity index (χ4n) is 4.56. The van der Waals surface area contributed by atoms with Crippen LogP contribution in [0.5, 0.6) is 0 Å². The molecule has 3 N–H and O–H groups in total. The number of aliphatic imine (C=N–C) groups is 1. The van der Waals surface area contributed by atoms with E-state index in [1.54, 1.807) is 18.2 Å². The third kappa shape index (κ3) is 5.88. The quantitative estimate of drug-likeness (QED) is 0.395. The predicted octanol–water partition coefficient (Wildman–Crippen LogP) is 5.41. The molecule has 2 aliphatic heterocycles. The Morgan fingerprint density at radius 2 is 1.60 bits per heavy atom. The number of rotatable bonds is 4. The first kappa shape index (κ1) is 29.2. The fraction of sp³-hybridized carbons (Fsp3) is 0.148. The monoisotopic (exact) mass is 596 g/mol. The van der Waals surface area contributed by atoms with Crippen molar-refractivity contribution in [3.63, 3.8) is 0 Å². The van der Waals surface area contributed by atoms with E-state index >= 15 is 0 Å². The van der Waals surface area contributed by atoms with Gasteiger partial charge in [0.15, 0.2) is 5.96 Å². The van der Waals surface area contributed by atoms with E-state index < -0.39 is 39.4 Å². The lowest BCUT2D eigenvalue weighted by atomic mass is 9.90. The van der Waals surface area contributed by atoms with Crippen LogP contribution in [0.25, 0.3) is 6.08 Å². The van der Waals surface area contributed by atoms with Gasteiger partial charge in [-0.1, -0.05) is 24.3 Å². The second-order valence-electron chi connectivity index (χ2n) is 9.02. The Morgan fingerprint density at radius 3 is 2.23 bits per heavy atom. The van der Waals surface area contributed by atoms with Crippen LogP contribution < -0.4 is 11.1 Å². The molecule has 13 heteroatoms. The van der Waals surface area contributed by atoms with Crippen LogP contribution in [0.4, 0.5) is 22.0 Å². The zero-order valence-electron chi connectivity index (χ0n) is 20.5. The number of halogens is 6. The normalized spacial score (nSPS) is 19.0. The van der Waals surface area contributed by atoms with Crippen molar-refractivity contribution in [1.82, 2.24) is 9.62 Å². The molecule has 2 heterocycles. The van der Waals surface area contributed by atoms with Crippen molar-refractivity contribution in [1.29, 1.82) is 0 Å². The van der Waals surface area contributed by atoms with Gasteiger partial charge in [-0.25, -0.2) is 22.2 Å². The highest BCUT2D eigenvalue weighted by Crippen LogP contribution is 2.39. The first-order valence-electron chi connectivity index (χ1n) is 11.6. The zero-order chi connectivity index (χ0) is 27.9. The van der Waals surface area contributed by atoms with Crippen LogP contribution in [0.3, 0.4) is 0 Å². The van der Waals surface area contributed by atoms with E-state index in [2.05, 4.69) is 10.3 Å². The first-order chi connectivity index (χ1) is 18.4. The number of hydrogen-bond donors (Lipinski definition) is 2. The highest BCUT2D eigenvalue weighted by Gasteiger charge is 2.38. The number of nitrogens with one attached hydrogen (secondary N) is 1. The minimum Gasteiger partial charge on any atom is -0.370 e. The van der Waals surface area contributed by atoms with E-state index in [1.165, 1.54) is 36.4 Å². The standard InChI is InChI=1S/C27H21F5N4O2S.ClH/c28-20-5-1-3-16(12-20)11-18-14-36(39(37,38)22-9-7-19(8-10-22)27(30,31)32)15-23-24(34-26(33)35-25(18)23)17-4-2-6-21(29)13-17;/h1-13,24H,14-15H2,(H3,33,34,35);1H/b18-11+;. The van der Waals surface area contributed by atoms with Gasteiger partial charge in [-0.05, 0) is 76.9 Å². The molecule has 3 aromatic carbocycles. The summed E-state index contributed by atoms with van der Waals surface area (Å²) in [5.74, 6) is -1.01. The molecule has 210 valence electrons. The van der Waals surface area contributed by atoms with Crippen LogP contribution in [0, 0.1) is 11.6 Å². The number of sulfonamides is 1. The molecule has 0 radical (unpaired) electrons. The molecule has 0 spiro atoms. The summed E-state index contributed by atoms with van der Waals surface area (Å²) in [7, 11) is -4.30. The summed E-state index contributed by atoms with van der Waals surface area (Å²) < 4.78 is 95.5. The zero-order valence-corrected chi connectivity index (χ0v) is 22.1. The van der Waals surface area contributed by atoms with Gasteiger partial charge >= 0.3 is 6.18 Å². The molecule has 0 saturated carbocycles. The van der Waals surface area contributed by atoms with Gasteiger partial charge in [0.2, 0.25) is 10.0 Å². The molecular weight excluding hydrogens is 575 g/mol. The lowest BCUT2D eigenvalue weighted by Gasteiger charge is -2.37. The lowest BCUT2D eigenvalue weighted by molar-refractivity contribution is -0.137. The van der Waals surface area contributed by atoms with E-state index in [1.807, 2.05) is 0 Å². The first-order valence-corrected chi connectivity index (χ1v) is 13.1. The Morgan fingerprint density at radius 1 is 0.950 bits per heavy atom. The van der Waals surface area contributed by atoms with E-state index in [0.29, 0.717) is 40.1 Å². The number of alkyl halides is 3. The second-order valence-corrected chi connectivity index (χ2v) is 11.0. The fourth-order valence-corrected chi connectivity index (χ4v) is 5.96. The maximum Gasteiger partial charge on any atom is 0.416 e. The summed E-state index contributed by atoms with van der Waals surface area (Å²) >= 11 is 0. The summed E-state index contributed by atoms with van der Waals surface area (Å²) in [6.45, 7) is -0.404. The summed E-state index contributed by atoms with van der Waals surface area (Å²) in [6.07, 6.45) is -3.04. The van der Waals surface area contributed by atoms with E-state index in [9.17, 15) is 30.4 Å². The van der Waals surface area contributed by atoms with E-state index in [4.69, 9.17) is 5.73 Å². The lowest BCUT2D eigenvalue weighted by Crippen LogP contribution is -2.46. The van der Waals surface area contributed by atoms with Gasteiger partial charge in [0.05, 0.1) is 10.5 Å². The molecule has 0 bridgehead atoms. The molecule has 1 atom stereocenters. The summed E-state index contributed by atoms with van der Waals surface area (Å²) in [5, 5.41) is 2.96. The minimum atomic E-state index is -4.63. The minimum absolute atomic E-state index is 0. The Kier molecular flexibility index (Phi) is 8.06. The Hall–Kier alpha value is -3.74. The van der Waals surface area contributed by atoms with Crippen molar-refractivity contribution in [2.45, 2.75) is 17.1 Å². The van der Waals surface area contributed by atoms with Crippen LogP contribution in [0.1, 0.15) is 22.7 Å². The Labute approximate surface area is 233 Å².